The number of carbonyl (C=O) groups excluding carboxylic acids is 5. The van der Waals surface area contributed by atoms with Crippen LogP contribution in [0.2, 0.25) is 0 Å². The predicted molar refractivity (Wildman–Crippen MR) is 208 cm³/mol. The monoisotopic (exact) mass is 860 g/mol. The van der Waals surface area contributed by atoms with Crippen LogP contribution in [0.15, 0.2) is 54.7 Å². The first-order valence-corrected chi connectivity index (χ1v) is 19.5. The van der Waals surface area contributed by atoms with Crippen LogP contribution in [-0.2, 0) is 48.2 Å². The second-order valence-corrected chi connectivity index (χ2v) is 14.6. The fraction of sp³-hybridized carbons (Fsp3) is 0.366. The minimum absolute atomic E-state index is 0.0295. The van der Waals surface area contributed by atoms with Crippen molar-refractivity contribution in [2.75, 3.05) is 12.4 Å². The average Bonchev–Trinajstić information content (AvgIpc) is 3.66. The highest BCUT2D eigenvalue weighted by atomic mass is 35.5. The first-order valence-electron chi connectivity index (χ1n) is 19.0. The number of amides is 5. The van der Waals surface area contributed by atoms with Gasteiger partial charge < -0.3 is 36.3 Å². The average molecular weight is 861 g/mol. The molecule has 19 heteroatoms. The molecule has 6 N–H and O–H groups in total. The molecular formula is C41H42ClF5N6O7. The van der Waals surface area contributed by atoms with E-state index in [0.29, 0.717) is 34.9 Å². The third-order valence-corrected chi connectivity index (χ3v) is 10.4. The van der Waals surface area contributed by atoms with E-state index < -0.39 is 113 Å². The Morgan fingerprint density at radius 1 is 0.817 bits per heavy atom. The van der Waals surface area contributed by atoms with E-state index in [4.69, 9.17) is 11.6 Å². The Kier molecular flexibility index (Phi) is 15.2. The molecule has 2 heterocycles. The van der Waals surface area contributed by atoms with E-state index in [2.05, 4.69) is 26.3 Å². The fourth-order valence-electron chi connectivity index (χ4n) is 6.96. The Hall–Kier alpha value is -6.04. The summed E-state index contributed by atoms with van der Waals surface area (Å²) in [6.45, 7) is 1.71. The molecule has 1 aromatic heterocycles. The highest BCUT2D eigenvalue weighted by Crippen LogP contribution is 2.26. The van der Waals surface area contributed by atoms with Crippen molar-refractivity contribution in [2.24, 2.45) is 0 Å². The van der Waals surface area contributed by atoms with Gasteiger partial charge in [-0.1, -0.05) is 48.0 Å². The first-order chi connectivity index (χ1) is 28.6. The molecular weight excluding hydrogens is 819 g/mol. The van der Waals surface area contributed by atoms with Crippen LogP contribution >= 0.6 is 11.6 Å². The lowest BCUT2D eigenvalue weighted by Gasteiger charge is -2.37. The smallest absolute Gasteiger partial charge is 0.303 e. The van der Waals surface area contributed by atoms with Gasteiger partial charge in [-0.25, -0.2) is 22.0 Å². The summed E-state index contributed by atoms with van der Waals surface area (Å²) in [6, 6.07) is 7.71. The molecule has 0 radical (unpaired) electrons. The minimum atomic E-state index is -2.41. The van der Waals surface area contributed by atoms with E-state index in [1.807, 2.05) is 6.92 Å². The molecule has 0 aliphatic carbocycles. The van der Waals surface area contributed by atoms with Crippen molar-refractivity contribution in [1.82, 2.24) is 31.2 Å². The summed E-state index contributed by atoms with van der Waals surface area (Å²) in [4.78, 5) is 83.8. The molecule has 5 amide bonds. The van der Waals surface area contributed by atoms with Gasteiger partial charge in [0.1, 0.15) is 30.0 Å². The van der Waals surface area contributed by atoms with Gasteiger partial charge in [-0.05, 0) is 49.8 Å². The molecule has 1 saturated heterocycles. The van der Waals surface area contributed by atoms with Gasteiger partial charge in [-0.15, -0.1) is 11.6 Å². The molecule has 4 unspecified atom stereocenters. The van der Waals surface area contributed by atoms with Crippen LogP contribution in [0, 0.1) is 36.0 Å². The van der Waals surface area contributed by atoms with Crippen LogP contribution in [0.25, 0.3) is 10.9 Å². The minimum Gasteiger partial charge on any atom is -0.481 e. The van der Waals surface area contributed by atoms with Crippen molar-refractivity contribution >= 4 is 58.0 Å². The third kappa shape index (κ3) is 11.0. The van der Waals surface area contributed by atoms with Gasteiger partial charge in [0.15, 0.2) is 23.3 Å². The quantitative estimate of drug-likeness (QED) is 0.0397. The normalized spacial score (nSPS) is 15.4. The summed E-state index contributed by atoms with van der Waals surface area (Å²) in [7, 11) is 0. The summed E-state index contributed by atoms with van der Waals surface area (Å²) in [5, 5.41) is 19.8. The topological polar surface area (TPSA) is 190 Å². The van der Waals surface area contributed by atoms with Crippen LogP contribution < -0.4 is 21.3 Å². The molecule has 0 saturated carbocycles. The van der Waals surface area contributed by atoms with Gasteiger partial charge in [0.25, 0.3) is 0 Å². The molecule has 1 aliphatic heterocycles. The van der Waals surface area contributed by atoms with Gasteiger partial charge in [0.2, 0.25) is 35.4 Å². The number of benzene rings is 3. The lowest BCUT2D eigenvalue weighted by atomic mass is 9.97. The number of hydrogen-bond donors (Lipinski definition) is 6. The maximum absolute atomic E-state index is 15.0. The number of nitrogens with one attached hydrogen (secondary N) is 5. The number of H-pyrrole nitrogens is 1. The van der Waals surface area contributed by atoms with Crippen molar-refractivity contribution in [1.29, 1.82) is 0 Å². The van der Waals surface area contributed by atoms with Gasteiger partial charge in [-0.3, -0.25) is 28.8 Å². The SMILES string of the molecule is Cc1ccc(CNC(=O)C(Cc2c(F)c(F)c(F)c(F)c2F)NC(=O)C(Cc2c[nH]c3ccccc23)NC(=O)C2CCCCN2C(=O)C(CCC(=O)O)NC(=O)CCl)cc1. The number of halogens is 6. The molecule has 0 bridgehead atoms. The van der Waals surface area contributed by atoms with Crippen molar-refractivity contribution in [2.45, 2.75) is 82.6 Å². The van der Waals surface area contributed by atoms with Crippen LogP contribution in [0.5, 0.6) is 0 Å². The zero-order valence-corrected chi connectivity index (χ0v) is 32.9. The molecule has 0 spiro atoms. The molecule has 4 atom stereocenters. The number of piperidine rings is 1. The molecule has 5 rings (SSSR count). The van der Waals surface area contributed by atoms with Crippen molar-refractivity contribution < 1.29 is 55.8 Å². The van der Waals surface area contributed by atoms with Crippen molar-refractivity contribution in [3.05, 3.63) is 106 Å². The standard InChI is InChI=1S/C41H42ClF5N6O7/c1-21-9-11-22(12-10-21)19-49-38(57)29(17-25-33(43)35(45)37(47)36(46)34(25)44)51-39(58)28(16-23-20-48-26-7-3-2-6-24(23)26)52-40(59)30-8-4-5-15-53(30)41(60)27(13-14-32(55)56)50-31(54)18-42/h2-3,6-7,9-12,20,27-30,48H,4-5,8,13-19H2,1H3,(H,49,57)(H,50,54)(H,51,58)(H,52,59)(H,55,56). The Labute approximate surface area is 345 Å². The maximum atomic E-state index is 15.0. The zero-order chi connectivity index (χ0) is 43.7. The van der Waals surface area contributed by atoms with Crippen LogP contribution in [0.4, 0.5) is 22.0 Å². The number of hydrogen-bond acceptors (Lipinski definition) is 6. The number of para-hydroxylation sites is 1. The van der Waals surface area contributed by atoms with Crippen molar-refractivity contribution in [3.8, 4) is 0 Å². The maximum Gasteiger partial charge on any atom is 0.303 e. The first kappa shape index (κ1) is 45.1. The number of rotatable bonds is 17. The predicted octanol–water partition coefficient (Wildman–Crippen LogP) is 4.21. The number of aliphatic carboxylic acids is 1. The van der Waals surface area contributed by atoms with E-state index in [-0.39, 0.29) is 32.4 Å². The van der Waals surface area contributed by atoms with E-state index >= 15 is 8.78 Å². The summed E-state index contributed by atoms with van der Waals surface area (Å²) in [5.41, 5.74) is 1.28. The molecule has 1 aliphatic rings. The van der Waals surface area contributed by atoms with Gasteiger partial charge in [-0.2, -0.15) is 0 Å². The number of nitrogens with zero attached hydrogens (tertiary/aromatic N) is 1. The number of carboxylic acids is 1. The summed E-state index contributed by atoms with van der Waals surface area (Å²) in [5.74, 6) is -17.6. The molecule has 60 heavy (non-hydrogen) atoms. The lowest BCUT2D eigenvalue weighted by Crippen LogP contribution is -2.61. The highest BCUT2D eigenvalue weighted by molar-refractivity contribution is 6.27. The summed E-state index contributed by atoms with van der Waals surface area (Å²) < 4.78 is 72.7. The largest absolute Gasteiger partial charge is 0.481 e. The van der Waals surface area contributed by atoms with Gasteiger partial charge in [0.05, 0.1) is 0 Å². The second-order valence-electron chi connectivity index (χ2n) is 14.4. The van der Waals surface area contributed by atoms with Crippen molar-refractivity contribution in [3.63, 3.8) is 0 Å². The second kappa shape index (κ2) is 20.3. The van der Waals surface area contributed by atoms with Crippen LogP contribution in [-0.4, -0.2) is 87.1 Å². The number of carbonyl (C=O) groups is 6. The Balaban J connectivity index is 1.47. The van der Waals surface area contributed by atoms with E-state index in [9.17, 15) is 47.0 Å². The van der Waals surface area contributed by atoms with Crippen LogP contribution in [0.3, 0.4) is 0 Å². The van der Waals surface area contributed by atoms with E-state index in [1.165, 1.54) is 4.90 Å². The molecule has 1 fully saturated rings. The Morgan fingerprint density at radius 3 is 2.13 bits per heavy atom. The summed E-state index contributed by atoms with van der Waals surface area (Å²) >= 11 is 5.63. The number of alkyl halides is 1. The van der Waals surface area contributed by atoms with Gasteiger partial charge in [0, 0.05) is 55.0 Å². The highest BCUT2D eigenvalue weighted by Gasteiger charge is 2.39. The van der Waals surface area contributed by atoms with E-state index in [0.717, 1.165) is 5.56 Å². The zero-order valence-electron chi connectivity index (χ0n) is 32.2. The van der Waals surface area contributed by atoms with Crippen LogP contribution in [0.1, 0.15) is 54.4 Å². The molecule has 3 aromatic carbocycles. The van der Waals surface area contributed by atoms with E-state index in [1.54, 1.807) is 54.7 Å². The fourth-order valence-corrected chi connectivity index (χ4v) is 7.03. The molecule has 4 aromatic rings. The number of carboxylic acid groups (broad SMARTS) is 1. The molecule has 320 valence electrons. The number of fused-ring (bicyclic) bond motifs is 1. The Bertz CT molecular complexity index is 2230. The number of aromatic amines is 1. The lowest BCUT2D eigenvalue weighted by molar-refractivity contribution is -0.146. The summed E-state index contributed by atoms with van der Waals surface area (Å²) in [6.07, 6.45) is 0.308. The number of aromatic nitrogens is 1. The number of likely N-dealkylation sites (tertiary alicyclic amines) is 1. The number of aryl methyl sites for hydroxylation is 1. The Morgan fingerprint density at radius 2 is 1.47 bits per heavy atom. The third-order valence-electron chi connectivity index (χ3n) is 10.2. The van der Waals surface area contributed by atoms with Gasteiger partial charge >= 0.3 is 5.97 Å². The molecule has 13 nitrogen and oxygen atoms in total.